The lowest BCUT2D eigenvalue weighted by atomic mass is 9.69. The Hall–Kier alpha value is -1.02. The number of anilines is 1. The normalized spacial score (nSPS) is 32.2. The van der Waals surface area contributed by atoms with Crippen molar-refractivity contribution in [1.82, 2.24) is 0 Å². The lowest BCUT2D eigenvalue weighted by Gasteiger charge is -2.46. The third kappa shape index (κ3) is 2.54. The fourth-order valence-electron chi connectivity index (χ4n) is 3.23. The largest absolute Gasteiger partial charge is 0.378 e. The van der Waals surface area contributed by atoms with Gasteiger partial charge in [0.15, 0.2) is 0 Å². The standard InChI is InChI=1S/C16H26N2/c1-12-8-9-14(3)16(10-12,11-17)18-15-7-5-4-6-13(15)2/h4-7,12,14,18H,8-11,17H2,1-3H3. The highest BCUT2D eigenvalue weighted by molar-refractivity contribution is 5.52. The van der Waals surface area contributed by atoms with Crippen molar-refractivity contribution in [2.45, 2.75) is 45.6 Å². The van der Waals surface area contributed by atoms with Gasteiger partial charge in [0.1, 0.15) is 0 Å². The van der Waals surface area contributed by atoms with Crippen molar-refractivity contribution >= 4 is 5.69 Å². The molecule has 1 fully saturated rings. The van der Waals surface area contributed by atoms with Gasteiger partial charge in [0.2, 0.25) is 0 Å². The topological polar surface area (TPSA) is 38.0 Å². The summed E-state index contributed by atoms with van der Waals surface area (Å²) in [7, 11) is 0. The molecule has 100 valence electrons. The second-order valence-electron chi connectivity index (χ2n) is 6.09. The average molecular weight is 246 g/mol. The number of para-hydroxylation sites is 1. The van der Waals surface area contributed by atoms with E-state index in [1.165, 1.54) is 30.5 Å². The summed E-state index contributed by atoms with van der Waals surface area (Å²) in [5.74, 6) is 1.40. The molecule has 0 amide bonds. The molecule has 0 aromatic heterocycles. The van der Waals surface area contributed by atoms with Gasteiger partial charge in [-0.05, 0) is 43.2 Å². The molecule has 2 heteroatoms. The third-order valence-electron chi connectivity index (χ3n) is 4.64. The molecular weight excluding hydrogens is 220 g/mol. The summed E-state index contributed by atoms with van der Waals surface area (Å²) in [6, 6.07) is 8.50. The van der Waals surface area contributed by atoms with Crippen LogP contribution >= 0.6 is 0 Å². The number of hydrogen-bond donors (Lipinski definition) is 2. The minimum atomic E-state index is 0.0732. The van der Waals surface area contributed by atoms with Gasteiger partial charge in [-0.25, -0.2) is 0 Å². The summed E-state index contributed by atoms with van der Waals surface area (Å²) in [6.45, 7) is 7.55. The Labute approximate surface area is 111 Å². The first-order chi connectivity index (χ1) is 8.57. The van der Waals surface area contributed by atoms with Gasteiger partial charge in [0.05, 0.1) is 5.54 Å². The second-order valence-corrected chi connectivity index (χ2v) is 6.09. The van der Waals surface area contributed by atoms with Crippen LogP contribution in [0.2, 0.25) is 0 Å². The zero-order valence-electron chi connectivity index (χ0n) is 11.9. The Morgan fingerprint density at radius 2 is 2.00 bits per heavy atom. The van der Waals surface area contributed by atoms with Gasteiger partial charge in [-0.1, -0.05) is 38.5 Å². The fourth-order valence-corrected chi connectivity index (χ4v) is 3.23. The number of nitrogens with one attached hydrogen (secondary N) is 1. The van der Waals surface area contributed by atoms with Crippen molar-refractivity contribution in [2.24, 2.45) is 17.6 Å². The van der Waals surface area contributed by atoms with Gasteiger partial charge in [-0.15, -0.1) is 0 Å². The van der Waals surface area contributed by atoms with Crippen LogP contribution in [0, 0.1) is 18.8 Å². The molecule has 3 unspecified atom stereocenters. The quantitative estimate of drug-likeness (QED) is 0.856. The summed E-state index contributed by atoms with van der Waals surface area (Å²) in [4.78, 5) is 0. The highest BCUT2D eigenvalue weighted by Gasteiger charge is 2.39. The molecule has 0 saturated heterocycles. The predicted octanol–water partition coefficient (Wildman–Crippen LogP) is 3.56. The van der Waals surface area contributed by atoms with Gasteiger partial charge < -0.3 is 11.1 Å². The molecule has 1 aromatic rings. The highest BCUT2D eigenvalue weighted by Crippen LogP contribution is 2.39. The van der Waals surface area contributed by atoms with Crippen LogP contribution in [0.5, 0.6) is 0 Å². The predicted molar refractivity (Wildman–Crippen MR) is 78.8 cm³/mol. The van der Waals surface area contributed by atoms with Crippen molar-refractivity contribution in [1.29, 1.82) is 0 Å². The third-order valence-corrected chi connectivity index (χ3v) is 4.64. The van der Waals surface area contributed by atoms with E-state index in [4.69, 9.17) is 5.73 Å². The van der Waals surface area contributed by atoms with Crippen molar-refractivity contribution in [3.63, 3.8) is 0 Å². The zero-order chi connectivity index (χ0) is 13.2. The summed E-state index contributed by atoms with van der Waals surface area (Å²) < 4.78 is 0. The molecule has 1 aliphatic carbocycles. The van der Waals surface area contributed by atoms with Crippen LogP contribution in [0.25, 0.3) is 0 Å². The lowest BCUT2D eigenvalue weighted by Crippen LogP contribution is -2.54. The molecule has 0 radical (unpaired) electrons. The molecule has 18 heavy (non-hydrogen) atoms. The van der Waals surface area contributed by atoms with E-state index in [1.54, 1.807) is 0 Å². The summed E-state index contributed by atoms with van der Waals surface area (Å²) in [6.07, 6.45) is 3.79. The number of benzene rings is 1. The minimum Gasteiger partial charge on any atom is -0.378 e. The van der Waals surface area contributed by atoms with Crippen molar-refractivity contribution in [3.8, 4) is 0 Å². The fraction of sp³-hybridized carbons (Fsp3) is 0.625. The van der Waals surface area contributed by atoms with Gasteiger partial charge >= 0.3 is 0 Å². The minimum absolute atomic E-state index is 0.0732. The summed E-state index contributed by atoms with van der Waals surface area (Å²) >= 11 is 0. The van der Waals surface area contributed by atoms with Crippen LogP contribution in [0.1, 0.15) is 38.7 Å². The van der Waals surface area contributed by atoms with E-state index in [0.29, 0.717) is 12.5 Å². The van der Waals surface area contributed by atoms with E-state index >= 15 is 0 Å². The van der Waals surface area contributed by atoms with E-state index in [0.717, 1.165) is 5.92 Å². The lowest BCUT2D eigenvalue weighted by molar-refractivity contribution is 0.188. The van der Waals surface area contributed by atoms with Gasteiger partial charge in [0.25, 0.3) is 0 Å². The summed E-state index contributed by atoms with van der Waals surface area (Å²) in [5, 5.41) is 3.77. The van der Waals surface area contributed by atoms with Crippen molar-refractivity contribution in [3.05, 3.63) is 29.8 Å². The second kappa shape index (κ2) is 5.31. The van der Waals surface area contributed by atoms with Crippen molar-refractivity contribution < 1.29 is 0 Å². The van der Waals surface area contributed by atoms with E-state index in [9.17, 15) is 0 Å². The van der Waals surface area contributed by atoms with Gasteiger partial charge in [-0.2, -0.15) is 0 Å². The first kappa shape index (κ1) is 13.4. The molecule has 2 rings (SSSR count). The molecule has 1 saturated carbocycles. The Bertz CT molecular complexity index is 402. The van der Waals surface area contributed by atoms with Crippen LogP contribution in [0.3, 0.4) is 0 Å². The van der Waals surface area contributed by atoms with Gasteiger partial charge in [0, 0.05) is 12.2 Å². The molecule has 3 atom stereocenters. The van der Waals surface area contributed by atoms with E-state index in [-0.39, 0.29) is 5.54 Å². The molecule has 0 spiro atoms. The van der Waals surface area contributed by atoms with E-state index in [2.05, 4.69) is 50.4 Å². The van der Waals surface area contributed by atoms with Crippen LogP contribution in [-0.2, 0) is 0 Å². The van der Waals surface area contributed by atoms with Crippen LogP contribution in [0.15, 0.2) is 24.3 Å². The van der Waals surface area contributed by atoms with Crippen LogP contribution in [-0.4, -0.2) is 12.1 Å². The van der Waals surface area contributed by atoms with E-state index < -0.39 is 0 Å². The maximum atomic E-state index is 6.13. The number of hydrogen-bond acceptors (Lipinski definition) is 2. The molecular formula is C16H26N2. The molecule has 3 N–H and O–H groups in total. The molecule has 0 heterocycles. The number of aryl methyl sites for hydroxylation is 1. The molecule has 1 aliphatic rings. The van der Waals surface area contributed by atoms with Crippen LogP contribution in [0.4, 0.5) is 5.69 Å². The Morgan fingerprint density at radius 1 is 1.28 bits per heavy atom. The number of rotatable bonds is 3. The molecule has 0 bridgehead atoms. The first-order valence-corrected chi connectivity index (χ1v) is 7.11. The van der Waals surface area contributed by atoms with Gasteiger partial charge in [-0.3, -0.25) is 0 Å². The summed E-state index contributed by atoms with van der Waals surface area (Å²) in [5.41, 5.74) is 8.74. The van der Waals surface area contributed by atoms with Crippen molar-refractivity contribution in [2.75, 3.05) is 11.9 Å². The highest BCUT2D eigenvalue weighted by atomic mass is 15.0. The maximum absolute atomic E-state index is 6.13. The molecule has 1 aromatic carbocycles. The molecule has 2 nitrogen and oxygen atoms in total. The average Bonchev–Trinajstić information content (AvgIpc) is 2.36. The smallest absolute Gasteiger partial charge is 0.0523 e. The molecule has 0 aliphatic heterocycles. The number of nitrogens with two attached hydrogens (primary N) is 1. The Balaban J connectivity index is 2.24. The Morgan fingerprint density at radius 3 is 2.67 bits per heavy atom. The van der Waals surface area contributed by atoms with Crippen LogP contribution < -0.4 is 11.1 Å². The first-order valence-electron chi connectivity index (χ1n) is 7.11. The Kier molecular flexibility index (Phi) is 3.96. The monoisotopic (exact) mass is 246 g/mol. The maximum Gasteiger partial charge on any atom is 0.0523 e. The zero-order valence-corrected chi connectivity index (χ0v) is 11.9. The van der Waals surface area contributed by atoms with E-state index in [1.807, 2.05) is 0 Å². The SMILES string of the molecule is Cc1ccccc1NC1(CN)CC(C)CCC1C.